The van der Waals surface area contributed by atoms with Crippen LogP contribution in [0.5, 0.6) is 28.7 Å². The third-order valence-corrected chi connectivity index (χ3v) is 5.34. The van der Waals surface area contributed by atoms with E-state index in [1.165, 1.54) is 6.08 Å². The van der Waals surface area contributed by atoms with Gasteiger partial charge in [0.25, 0.3) is 0 Å². The standard InChI is InChI=1S/C27H32O6/c1-17-15-23(29-6)24(30-7)16-22(17)33-27(4,5)14-12-20(28)18-9-10-21-19(25(18)31-8)11-13-26(2,3)32-21/h9-16H,1-8H3/b14-12+. The van der Waals surface area contributed by atoms with E-state index in [-0.39, 0.29) is 5.78 Å². The van der Waals surface area contributed by atoms with Gasteiger partial charge in [-0.1, -0.05) is 0 Å². The Balaban J connectivity index is 1.84. The monoisotopic (exact) mass is 452 g/mol. The maximum absolute atomic E-state index is 13.1. The second-order valence-corrected chi connectivity index (χ2v) is 8.97. The summed E-state index contributed by atoms with van der Waals surface area (Å²) in [6.45, 7) is 9.65. The minimum atomic E-state index is -0.755. The first-order valence-electron chi connectivity index (χ1n) is 10.7. The second-order valence-electron chi connectivity index (χ2n) is 8.97. The smallest absolute Gasteiger partial charge is 0.189 e. The Morgan fingerprint density at radius 2 is 1.67 bits per heavy atom. The molecule has 0 N–H and O–H groups in total. The molecule has 6 nitrogen and oxygen atoms in total. The molecule has 0 radical (unpaired) electrons. The molecule has 3 rings (SSSR count). The number of rotatable bonds is 8. The number of hydrogen-bond acceptors (Lipinski definition) is 6. The second kappa shape index (κ2) is 9.22. The van der Waals surface area contributed by atoms with Crippen LogP contribution in [0.4, 0.5) is 0 Å². The highest BCUT2D eigenvalue weighted by Gasteiger charge is 2.26. The van der Waals surface area contributed by atoms with Crippen LogP contribution in [0.3, 0.4) is 0 Å². The van der Waals surface area contributed by atoms with Gasteiger partial charge in [0.1, 0.15) is 28.5 Å². The Kier molecular flexibility index (Phi) is 6.77. The Morgan fingerprint density at radius 3 is 2.30 bits per heavy atom. The highest BCUT2D eigenvalue weighted by molar-refractivity contribution is 6.07. The molecule has 0 spiro atoms. The Morgan fingerprint density at radius 1 is 1.00 bits per heavy atom. The van der Waals surface area contributed by atoms with Gasteiger partial charge in [0, 0.05) is 6.07 Å². The highest BCUT2D eigenvalue weighted by Crippen LogP contribution is 2.39. The van der Waals surface area contributed by atoms with Crippen molar-refractivity contribution in [1.82, 2.24) is 0 Å². The predicted octanol–water partition coefficient (Wildman–Crippen LogP) is 5.80. The van der Waals surface area contributed by atoms with Crippen LogP contribution in [0.15, 0.2) is 42.5 Å². The van der Waals surface area contributed by atoms with Crippen molar-refractivity contribution < 1.29 is 28.5 Å². The first-order chi connectivity index (χ1) is 15.5. The number of aryl methyl sites for hydroxylation is 1. The summed E-state index contributed by atoms with van der Waals surface area (Å²) >= 11 is 0. The third-order valence-electron chi connectivity index (χ3n) is 5.34. The van der Waals surface area contributed by atoms with E-state index in [4.69, 9.17) is 23.7 Å². The molecule has 0 atom stereocenters. The van der Waals surface area contributed by atoms with Crippen LogP contribution < -0.4 is 23.7 Å². The summed E-state index contributed by atoms with van der Waals surface area (Å²) < 4.78 is 28.5. The normalized spacial score (nSPS) is 14.4. The molecular weight excluding hydrogens is 420 g/mol. The van der Waals surface area contributed by atoms with Crippen LogP contribution >= 0.6 is 0 Å². The molecule has 1 heterocycles. The fourth-order valence-corrected chi connectivity index (χ4v) is 3.60. The average molecular weight is 453 g/mol. The molecule has 33 heavy (non-hydrogen) atoms. The van der Waals surface area contributed by atoms with Crippen LogP contribution in [0.2, 0.25) is 0 Å². The summed E-state index contributed by atoms with van der Waals surface area (Å²) in [5.74, 6) is 2.84. The fourth-order valence-electron chi connectivity index (χ4n) is 3.60. The summed E-state index contributed by atoms with van der Waals surface area (Å²) in [4.78, 5) is 13.1. The minimum Gasteiger partial charge on any atom is -0.495 e. The van der Waals surface area contributed by atoms with Crippen LogP contribution in [0, 0.1) is 6.92 Å². The highest BCUT2D eigenvalue weighted by atomic mass is 16.5. The molecule has 0 aliphatic carbocycles. The van der Waals surface area contributed by atoms with Crippen LogP contribution in [-0.2, 0) is 0 Å². The number of hydrogen-bond donors (Lipinski definition) is 0. The zero-order chi connectivity index (χ0) is 24.4. The molecule has 2 aromatic carbocycles. The minimum absolute atomic E-state index is 0.186. The van der Waals surface area contributed by atoms with Crippen molar-refractivity contribution in [2.24, 2.45) is 0 Å². The number of benzene rings is 2. The fraction of sp³-hybridized carbons (Fsp3) is 0.370. The molecule has 0 aromatic heterocycles. The molecule has 1 aliphatic rings. The molecule has 0 saturated carbocycles. The van der Waals surface area contributed by atoms with E-state index in [0.29, 0.717) is 34.3 Å². The van der Waals surface area contributed by atoms with Gasteiger partial charge in [-0.3, -0.25) is 4.79 Å². The van der Waals surface area contributed by atoms with Crippen molar-refractivity contribution in [3.05, 3.63) is 59.2 Å². The molecule has 0 amide bonds. The first kappa shape index (κ1) is 24.2. The molecule has 0 saturated heterocycles. The van der Waals surface area contributed by atoms with Gasteiger partial charge in [-0.2, -0.15) is 0 Å². The van der Waals surface area contributed by atoms with Crippen molar-refractivity contribution in [2.75, 3.05) is 21.3 Å². The van der Waals surface area contributed by atoms with Gasteiger partial charge >= 0.3 is 0 Å². The van der Waals surface area contributed by atoms with E-state index >= 15 is 0 Å². The summed E-state index contributed by atoms with van der Waals surface area (Å²) in [6.07, 6.45) is 7.13. The molecule has 2 aromatic rings. The predicted molar refractivity (Wildman–Crippen MR) is 129 cm³/mol. The van der Waals surface area contributed by atoms with E-state index in [1.807, 2.05) is 52.8 Å². The van der Waals surface area contributed by atoms with E-state index in [1.54, 1.807) is 45.6 Å². The number of methoxy groups -OCH3 is 3. The number of allylic oxidation sites excluding steroid dienone is 1. The number of ketones is 1. The summed E-state index contributed by atoms with van der Waals surface area (Å²) in [5.41, 5.74) is 0.944. The van der Waals surface area contributed by atoms with E-state index < -0.39 is 11.2 Å². The summed E-state index contributed by atoms with van der Waals surface area (Å²) in [7, 11) is 4.72. The van der Waals surface area contributed by atoms with Gasteiger partial charge < -0.3 is 23.7 Å². The first-order valence-corrected chi connectivity index (χ1v) is 10.7. The Hall–Kier alpha value is -3.41. The topological polar surface area (TPSA) is 63.2 Å². The van der Waals surface area contributed by atoms with Crippen molar-refractivity contribution >= 4 is 11.9 Å². The van der Waals surface area contributed by atoms with E-state index in [9.17, 15) is 4.79 Å². The summed E-state index contributed by atoms with van der Waals surface area (Å²) in [5, 5.41) is 0. The number of fused-ring (bicyclic) bond motifs is 1. The third kappa shape index (κ3) is 5.33. The molecule has 0 fully saturated rings. The molecule has 0 bridgehead atoms. The lowest BCUT2D eigenvalue weighted by Crippen LogP contribution is -2.27. The quantitative estimate of drug-likeness (QED) is 0.373. The van der Waals surface area contributed by atoms with Gasteiger partial charge in [0.2, 0.25) is 0 Å². The van der Waals surface area contributed by atoms with Crippen LogP contribution in [0.25, 0.3) is 6.08 Å². The van der Waals surface area contributed by atoms with Crippen molar-refractivity contribution in [3.8, 4) is 28.7 Å². The van der Waals surface area contributed by atoms with Crippen molar-refractivity contribution in [1.29, 1.82) is 0 Å². The largest absolute Gasteiger partial charge is 0.495 e. The Bertz CT molecular complexity index is 1110. The lowest BCUT2D eigenvalue weighted by Gasteiger charge is -2.29. The maximum Gasteiger partial charge on any atom is 0.189 e. The van der Waals surface area contributed by atoms with Crippen molar-refractivity contribution in [3.63, 3.8) is 0 Å². The van der Waals surface area contributed by atoms with Gasteiger partial charge in [0.05, 0.1) is 32.5 Å². The number of ether oxygens (including phenoxy) is 5. The molecule has 1 aliphatic heterocycles. The zero-order valence-corrected chi connectivity index (χ0v) is 20.6. The molecular formula is C27H32O6. The molecule has 176 valence electrons. The lowest BCUT2D eigenvalue weighted by atomic mass is 9.97. The summed E-state index contributed by atoms with van der Waals surface area (Å²) in [6, 6.07) is 7.17. The maximum atomic E-state index is 13.1. The van der Waals surface area contributed by atoms with Gasteiger partial charge in [-0.15, -0.1) is 0 Å². The zero-order valence-electron chi connectivity index (χ0n) is 20.6. The number of carbonyl (C=O) groups excluding carboxylic acids is 1. The van der Waals surface area contributed by atoms with Crippen molar-refractivity contribution in [2.45, 2.75) is 45.8 Å². The lowest BCUT2D eigenvalue weighted by molar-refractivity contribution is 0.103. The van der Waals surface area contributed by atoms with Gasteiger partial charge in [0.15, 0.2) is 17.3 Å². The van der Waals surface area contributed by atoms with Crippen LogP contribution in [0.1, 0.15) is 49.2 Å². The SMILES string of the molecule is COc1cc(C)c(OC(C)(C)/C=C/C(=O)c2ccc3c(c2OC)C=CC(C)(C)O3)cc1OC. The molecule has 6 heteroatoms. The van der Waals surface area contributed by atoms with Gasteiger partial charge in [-0.05, 0) is 82.7 Å². The van der Waals surface area contributed by atoms with Crippen LogP contribution in [-0.4, -0.2) is 38.3 Å². The van der Waals surface area contributed by atoms with Gasteiger partial charge in [-0.25, -0.2) is 0 Å². The number of carbonyl (C=O) groups is 1. The van der Waals surface area contributed by atoms with E-state index in [2.05, 4.69) is 0 Å². The molecule has 0 unspecified atom stereocenters. The Labute approximate surface area is 195 Å². The van der Waals surface area contributed by atoms with E-state index in [0.717, 1.165) is 11.1 Å². The average Bonchev–Trinajstić information content (AvgIpc) is 2.76.